The van der Waals surface area contributed by atoms with Crippen molar-refractivity contribution in [3.8, 4) is 6.07 Å². The van der Waals surface area contributed by atoms with Crippen LogP contribution in [0.2, 0.25) is 5.15 Å². The Bertz CT molecular complexity index is 492. The van der Waals surface area contributed by atoms with Crippen LogP contribution >= 0.6 is 11.6 Å². The highest BCUT2D eigenvalue weighted by Gasteiger charge is 2.15. The van der Waals surface area contributed by atoms with E-state index in [-0.39, 0.29) is 22.5 Å². The first-order valence-corrected chi connectivity index (χ1v) is 6.32. The number of nitriles is 1. The average molecular weight is 260 g/mol. The fraction of sp³-hybridized carbons (Fsp3) is 0.333. The molecule has 1 rings (SSSR count). The smallest absolute Gasteiger partial charge is 0.242 e. The van der Waals surface area contributed by atoms with E-state index in [4.69, 9.17) is 16.9 Å². The van der Waals surface area contributed by atoms with Crippen molar-refractivity contribution in [3.63, 3.8) is 0 Å². The SMILES string of the molecule is CC(C#N)CNS(=O)(=O)c1ccc(Cl)nc1. The molecule has 1 unspecified atom stereocenters. The van der Waals surface area contributed by atoms with E-state index >= 15 is 0 Å². The molecule has 0 bridgehead atoms. The van der Waals surface area contributed by atoms with Crippen LogP contribution in [0.5, 0.6) is 0 Å². The Morgan fingerprint density at radius 1 is 1.62 bits per heavy atom. The third kappa shape index (κ3) is 3.45. The predicted molar refractivity (Wildman–Crippen MR) is 59.2 cm³/mol. The lowest BCUT2D eigenvalue weighted by molar-refractivity contribution is 0.572. The predicted octanol–water partition coefficient (Wildman–Crippen LogP) is 1.17. The zero-order valence-electron chi connectivity index (χ0n) is 8.51. The summed E-state index contributed by atoms with van der Waals surface area (Å²) in [4.78, 5) is 3.70. The van der Waals surface area contributed by atoms with Crippen molar-refractivity contribution in [3.05, 3.63) is 23.5 Å². The summed E-state index contributed by atoms with van der Waals surface area (Å²) in [5.41, 5.74) is 0. The Morgan fingerprint density at radius 3 is 2.81 bits per heavy atom. The highest BCUT2D eigenvalue weighted by molar-refractivity contribution is 7.89. The Labute approximate surface area is 99.1 Å². The topological polar surface area (TPSA) is 82.9 Å². The molecule has 0 fully saturated rings. The molecule has 5 nitrogen and oxygen atoms in total. The molecule has 0 aliphatic carbocycles. The number of hydrogen-bond donors (Lipinski definition) is 1. The summed E-state index contributed by atoms with van der Waals surface area (Å²) >= 11 is 5.54. The van der Waals surface area contributed by atoms with Crippen LogP contribution in [-0.2, 0) is 10.0 Å². The lowest BCUT2D eigenvalue weighted by atomic mass is 10.2. The van der Waals surface area contributed by atoms with Gasteiger partial charge >= 0.3 is 0 Å². The molecule has 1 N–H and O–H groups in total. The zero-order valence-corrected chi connectivity index (χ0v) is 10.1. The number of hydrogen-bond acceptors (Lipinski definition) is 4. The van der Waals surface area contributed by atoms with Gasteiger partial charge in [0.1, 0.15) is 10.0 Å². The first-order valence-electron chi connectivity index (χ1n) is 4.46. The maximum absolute atomic E-state index is 11.7. The molecule has 0 radical (unpaired) electrons. The van der Waals surface area contributed by atoms with Gasteiger partial charge in [0.05, 0.1) is 12.0 Å². The number of nitrogens with zero attached hydrogens (tertiary/aromatic N) is 2. The van der Waals surface area contributed by atoms with Gasteiger partial charge in [0.25, 0.3) is 0 Å². The van der Waals surface area contributed by atoms with Crippen LogP contribution in [0, 0.1) is 17.2 Å². The van der Waals surface area contributed by atoms with Gasteiger partial charge in [-0.05, 0) is 19.1 Å². The van der Waals surface area contributed by atoms with Gasteiger partial charge in [-0.1, -0.05) is 11.6 Å². The van der Waals surface area contributed by atoms with E-state index in [0.717, 1.165) is 0 Å². The van der Waals surface area contributed by atoms with Gasteiger partial charge in [-0.25, -0.2) is 18.1 Å². The fourth-order valence-electron chi connectivity index (χ4n) is 0.885. The van der Waals surface area contributed by atoms with Crippen molar-refractivity contribution in [2.45, 2.75) is 11.8 Å². The highest BCUT2D eigenvalue weighted by atomic mass is 35.5. The molecule has 0 aromatic carbocycles. The summed E-state index contributed by atoms with van der Waals surface area (Å²) in [5.74, 6) is -0.380. The number of rotatable bonds is 4. The van der Waals surface area contributed by atoms with Gasteiger partial charge < -0.3 is 0 Å². The standard InChI is InChI=1S/C9H10ClN3O2S/c1-7(4-11)5-13-16(14,15)8-2-3-9(10)12-6-8/h2-3,6-7,13H,5H2,1H3. The second-order valence-electron chi connectivity index (χ2n) is 3.20. The molecule has 0 aliphatic heterocycles. The number of aromatic nitrogens is 1. The summed E-state index contributed by atoms with van der Waals surface area (Å²) < 4.78 is 25.6. The molecular weight excluding hydrogens is 250 g/mol. The second kappa shape index (κ2) is 5.25. The van der Waals surface area contributed by atoms with Crippen molar-refractivity contribution in [2.24, 2.45) is 5.92 Å². The van der Waals surface area contributed by atoms with E-state index in [9.17, 15) is 8.42 Å². The molecule has 0 amide bonds. The Balaban J connectivity index is 2.79. The molecule has 1 aromatic heterocycles. The van der Waals surface area contributed by atoms with Crippen molar-refractivity contribution in [1.82, 2.24) is 9.71 Å². The Morgan fingerprint density at radius 2 is 2.31 bits per heavy atom. The molecule has 0 aliphatic rings. The van der Waals surface area contributed by atoms with Crippen LogP contribution in [0.4, 0.5) is 0 Å². The number of nitrogens with one attached hydrogen (secondary N) is 1. The number of sulfonamides is 1. The van der Waals surface area contributed by atoms with Gasteiger partial charge in [0.15, 0.2) is 0 Å². The third-order valence-electron chi connectivity index (χ3n) is 1.81. The lowest BCUT2D eigenvalue weighted by Gasteiger charge is -2.06. The van der Waals surface area contributed by atoms with Crippen LogP contribution in [0.25, 0.3) is 0 Å². The fourth-order valence-corrected chi connectivity index (χ4v) is 2.07. The molecule has 1 heterocycles. The van der Waals surface area contributed by atoms with E-state index in [1.807, 2.05) is 6.07 Å². The maximum Gasteiger partial charge on any atom is 0.242 e. The minimum atomic E-state index is -3.60. The molecule has 0 saturated heterocycles. The molecular formula is C9H10ClN3O2S. The molecule has 1 aromatic rings. The minimum absolute atomic E-state index is 0.0297. The molecule has 86 valence electrons. The summed E-state index contributed by atoms with van der Waals surface area (Å²) in [6, 6.07) is 4.68. The monoisotopic (exact) mass is 259 g/mol. The van der Waals surface area contributed by atoms with Crippen LogP contribution in [-0.4, -0.2) is 19.9 Å². The van der Waals surface area contributed by atoms with E-state index < -0.39 is 10.0 Å². The van der Waals surface area contributed by atoms with E-state index in [1.54, 1.807) is 6.92 Å². The van der Waals surface area contributed by atoms with Crippen molar-refractivity contribution >= 4 is 21.6 Å². The first-order chi connectivity index (χ1) is 7.45. The number of halogens is 1. The van der Waals surface area contributed by atoms with Crippen molar-refractivity contribution < 1.29 is 8.42 Å². The maximum atomic E-state index is 11.7. The van der Waals surface area contributed by atoms with Gasteiger partial charge in [-0.15, -0.1) is 0 Å². The summed E-state index contributed by atoms with van der Waals surface area (Å²) in [7, 11) is -3.60. The molecule has 1 atom stereocenters. The van der Waals surface area contributed by atoms with Crippen molar-refractivity contribution in [1.29, 1.82) is 5.26 Å². The van der Waals surface area contributed by atoms with Crippen LogP contribution in [0.15, 0.2) is 23.2 Å². The average Bonchev–Trinajstić information content (AvgIpc) is 2.26. The number of pyridine rings is 1. The third-order valence-corrected chi connectivity index (χ3v) is 3.44. The summed E-state index contributed by atoms with van der Waals surface area (Å²) in [6.45, 7) is 1.70. The quantitative estimate of drug-likeness (QED) is 0.823. The van der Waals surface area contributed by atoms with Crippen LogP contribution in [0.1, 0.15) is 6.92 Å². The molecule has 7 heteroatoms. The second-order valence-corrected chi connectivity index (χ2v) is 5.35. The normalized spacial score (nSPS) is 13.1. The van der Waals surface area contributed by atoms with Crippen LogP contribution in [0.3, 0.4) is 0 Å². The molecule has 0 spiro atoms. The summed E-state index contributed by atoms with van der Waals surface area (Å²) in [5, 5.41) is 8.75. The molecule has 16 heavy (non-hydrogen) atoms. The lowest BCUT2D eigenvalue weighted by Crippen LogP contribution is -2.28. The van der Waals surface area contributed by atoms with E-state index in [2.05, 4.69) is 9.71 Å². The van der Waals surface area contributed by atoms with Gasteiger partial charge in [0, 0.05) is 12.7 Å². The largest absolute Gasteiger partial charge is 0.243 e. The van der Waals surface area contributed by atoms with E-state index in [0.29, 0.717) is 0 Å². The zero-order chi connectivity index (χ0) is 12.2. The summed E-state index contributed by atoms with van der Waals surface area (Å²) in [6.07, 6.45) is 1.17. The molecule has 0 saturated carbocycles. The Kier molecular flexibility index (Phi) is 4.24. The van der Waals surface area contributed by atoms with Crippen LogP contribution < -0.4 is 4.72 Å². The van der Waals surface area contributed by atoms with E-state index in [1.165, 1.54) is 18.3 Å². The van der Waals surface area contributed by atoms with Gasteiger partial charge in [-0.3, -0.25) is 0 Å². The van der Waals surface area contributed by atoms with Gasteiger partial charge in [0.2, 0.25) is 10.0 Å². The Hall–Kier alpha value is -1.16. The first kappa shape index (κ1) is 12.9. The highest BCUT2D eigenvalue weighted by Crippen LogP contribution is 2.10. The minimum Gasteiger partial charge on any atom is -0.243 e. The van der Waals surface area contributed by atoms with Gasteiger partial charge in [-0.2, -0.15) is 5.26 Å². The van der Waals surface area contributed by atoms with Crippen molar-refractivity contribution in [2.75, 3.05) is 6.54 Å².